The third-order valence-electron chi connectivity index (χ3n) is 1.12. The summed E-state index contributed by atoms with van der Waals surface area (Å²) in [6.45, 7) is 2.42. The zero-order chi connectivity index (χ0) is 4.41. The Bertz CT molecular complexity index is 40.1. The summed E-state index contributed by atoms with van der Waals surface area (Å²) < 4.78 is 0. The number of rotatable bonds is 1. The molecule has 0 saturated carbocycles. The Morgan fingerprint density at radius 1 is 1.50 bits per heavy atom. The van der Waals surface area contributed by atoms with Crippen LogP contribution in [0.25, 0.3) is 0 Å². The van der Waals surface area contributed by atoms with Gasteiger partial charge in [-0.25, -0.2) is 0 Å². The van der Waals surface area contributed by atoms with Gasteiger partial charge in [0.15, 0.2) is 0 Å². The minimum atomic E-state index is 0.722. The van der Waals surface area contributed by atoms with Gasteiger partial charge in [0, 0.05) is 13.1 Å². The molecule has 0 amide bonds. The first-order valence-corrected chi connectivity index (χ1v) is 2.75. The molecule has 1 fully saturated rings. The minimum Gasteiger partial charge on any atom is -0.290 e. The van der Waals surface area contributed by atoms with E-state index in [1.54, 1.807) is 0 Å². The van der Waals surface area contributed by atoms with E-state index in [0.29, 0.717) is 0 Å². The van der Waals surface area contributed by atoms with Gasteiger partial charge < -0.3 is 0 Å². The quantitative estimate of drug-likeness (QED) is 0.354. The second-order valence-electron chi connectivity index (χ2n) is 1.59. The van der Waals surface area contributed by atoms with E-state index in [1.165, 1.54) is 19.5 Å². The van der Waals surface area contributed by atoms with Crippen molar-refractivity contribution < 1.29 is 0 Å². The summed E-state index contributed by atoms with van der Waals surface area (Å²) in [5, 5.41) is 0. The molecule has 0 aliphatic carbocycles. The Labute approximate surface area is 42.9 Å². The molecule has 0 aromatic rings. The van der Waals surface area contributed by atoms with Gasteiger partial charge in [-0.1, -0.05) is 0 Å². The van der Waals surface area contributed by atoms with Crippen molar-refractivity contribution in [2.45, 2.75) is 6.42 Å². The Balaban J connectivity index is 2.01. The van der Waals surface area contributed by atoms with Gasteiger partial charge >= 0.3 is 0 Å². The van der Waals surface area contributed by atoms with Crippen molar-refractivity contribution in [1.82, 2.24) is 4.90 Å². The monoisotopic (exact) mass is 105 g/mol. The van der Waals surface area contributed by atoms with Crippen LogP contribution in [0.15, 0.2) is 0 Å². The zero-order valence-corrected chi connectivity index (χ0v) is 4.41. The maximum atomic E-state index is 5.43. The number of hydrogen-bond acceptors (Lipinski definition) is 1. The van der Waals surface area contributed by atoms with Gasteiger partial charge in [-0.05, 0) is 6.42 Å². The van der Waals surface area contributed by atoms with Crippen LogP contribution < -0.4 is 0 Å². The number of likely N-dealkylation sites (tertiary alicyclic amines) is 1. The molecule has 0 unspecified atom stereocenters. The molecule has 0 aromatic carbocycles. The minimum absolute atomic E-state index is 0.722. The van der Waals surface area contributed by atoms with Gasteiger partial charge in [0.2, 0.25) is 0 Å². The summed E-state index contributed by atoms with van der Waals surface area (Å²) in [7, 11) is 0. The van der Waals surface area contributed by atoms with Gasteiger partial charge in [-0.15, -0.1) is 11.6 Å². The molecular formula is C4H8ClN. The molecule has 2 heteroatoms. The van der Waals surface area contributed by atoms with Gasteiger partial charge in [0.1, 0.15) is 0 Å². The summed E-state index contributed by atoms with van der Waals surface area (Å²) in [4.78, 5) is 2.20. The van der Waals surface area contributed by atoms with Crippen molar-refractivity contribution in [3.63, 3.8) is 0 Å². The summed E-state index contributed by atoms with van der Waals surface area (Å²) in [5.74, 6) is 0. The maximum absolute atomic E-state index is 5.43. The van der Waals surface area contributed by atoms with Crippen LogP contribution >= 0.6 is 11.6 Å². The van der Waals surface area contributed by atoms with Gasteiger partial charge in [-0.2, -0.15) is 0 Å². The second-order valence-corrected chi connectivity index (χ2v) is 1.83. The highest BCUT2D eigenvalue weighted by atomic mass is 35.5. The number of halogens is 1. The molecule has 0 aromatic heterocycles. The lowest BCUT2D eigenvalue weighted by atomic mass is 10.2. The highest BCUT2D eigenvalue weighted by Crippen LogP contribution is 2.04. The highest BCUT2D eigenvalue weighted by Gasteiger charge is 2.09. The standard InChI is InChI=1S/C4H8ClN/c5-4-6-2-1-3-6/h1-4H2. The van der Waals surface area contributed by atoms with E-state index in [2.05, 4.69) is 4.90 Å². The van der Waals surface area contributed by atoms with E-state index in [1.807, 2.05) is 0 Å². The first-order chi connectivity index (χ1) is 2.93. The van der Waals surface area contributed by atoms with E-state index < -0.39 is 0 Å². The Kier molecular flexibility index (Phi) is 1.33. The molecule has 36 valence electrons. The number of alkyl halides is 1. The fourth-order valence-corrected chi connectivity index (χ4v) is 0.740. The van der Waals surface area contributed by atoms with E-state index in [9.17, 15) is 0 Å². The summed E-state index contributed by atoms with van der Waals surface area (Å²) in [6.07, 6.45) is 1.34. The van der Waals surface area contributed by atoms with Crippen LogP contribution in [0.2, 0.25) is 0 Å². The molecule has 0 bridgehead atoms. The lowest BCUT2D eigenvalue weighted by molar-refractivity contribution is 0.215. The third-order valence-corrected chi connectivity index (χ3v) is 1.46. The van der Waals surface area contributed by atoms with E-state index in [-0.39, 0.29) is 0 Å². The van der Waals surface area contributed by atoms with Crippen molar-refractivity contribution in [3.8, 4) is 0 Å². The molecule has 1 aliphatic heterocycles. The van der Waals surface area contributed by atoms with Crippen molar-refractivity contribution in [2.24, 2.45) is 0 Å². The average molecular weight is 106 g/mol. The predicted octanol–water partition coefficient (Wildman–Crippen LogP) is 0.888. The molecule has 0 N–H and O–H groups in total. The molecule has 1 aliphatic rings. The highest BCUT2D eigenvalue weighted by molar-refractivity contribution is 6.17. The van der Waals surface area contributed by atoms with Crippen molar-refractivity contribution in [2.75, 3.05) is 19.1 Å². The van der Waals surface area contributed by atoms with Crippen molar-refractivity contribution in [1.29, 1.82) is 0 Å². The molecule has 1 rings (SSSR count). The topological polar surface area (TPSA) is 3.24 Å². The van der Waals surface area contributed by atoms with Gasteiger partial charge in [0.05, 0.1) is 6.00 Å². The van der Waals surface area contributed by atoms with Crippen LogP contribution in [-0.4, -0.2) is 24.0 Å². The third kappa shape index (κ3) is 0.660. The van der Waals surface area contributed by atoms with E-state index in [4.69, 9.17) is 11.6 Å². The van der Waals surface area contributed by atoms with Crippen LogP contribution in [0.3, 0.4) is 0 Å². The van der Waals surface area contributed by atoms with Crippen LogP contribution in [0, 0.1) is 0 Å². The van der Waals surface area contributed by atoms with Crippen LogP contribution in [-0.2, 0) is 0 Å². The molecule has 1 saturated heterocycles. The number of nitrogens with zero attached hydrogens (tertiary/aromatic N) is 1. The van der Waals surface area contributed by atoms with Gasteiger partial charge in [-0.3, -0.25) is 4.90 Å². The number of hydrogen-bond donors (Lipinski definition) is 0. The normalized spacial score (nSPS) is 23.5. The predicted molar refractivity (Wildman–Crippen MR) is 26.9 cm³/mol. The second kappa shape index (κ2) is 1.80. The molecule has 0 atom stereocenters. The summed E-state index contributed by atoms with van der Waals surface area (Å²) in [6, 6.07) is 0.722. The molecule has 0 spiro atoms. The zero-order valence-electron chi connectivity index (χ0n) is 3.65. The first kappa shape index (κ1) is 4.41. The Hall–Kier alpha value is 0.250. The summed E-state index contributed by atoms with van der Waals surface area (Å²) in [5.41, 5.74) is 0. The first-order valence-electron chi connectivity index (χ1n) is 2.22. The largest absolute Gasteiger partial charge is 0.290 e. The van der Waals surface area contributed by atoms with E-state index in [0.717, 1.165) is 6.00 Å². The van der Waals surface area contributed by atoms with Gasteiger partial charge in [0.25, 0.3) is 0 Å². The summed E-state index contributed by atoms with van der Waals surface area (Å²) >= 11 is 5.43. The smallest absolute Gasteiger partial charge is 0.0738 e. The molecule has 0 radical (unpaired) electrons. The fraction of sp³-hybridized carbons (Fsp3) is 1.00. The Morgan fingerprint density at radius 3 is 2.17 bits per heavy atom. The SMILES string of the molecule is ClCN1CCC1. The lowest BCUT2D eigenvalue weighted by Gasteiger charge is -2.27. The van der Waals surface area contributed by atoms with Crippen LogP contribution in [0.4, 0.5) is 0 Å². The van der Waals surface area contributed by atoms with Crippen LogP contribution in [0.5, 0.6) is 0 Å². The average Bonchev–Trinajstić information content (AvgIpc) is 1.31. The molecule has 1 nitrogen and oxygen atoms in total. The van der Waals surface area contributed by atoms with Crippen molar-refractivity contribution >= 4 is 11.6 Å². The molecule has 1 heterocycles. The Morgan fingerprint density at radius 2 is 2.17 bits per heavy atom. The lowest BCUT2D eigenvalue weighted by Crippen LogP contribution is -2.35. The molecule has 6 heavy (non-hydrogen) atoms. The fourth-order valence-electron chi connectivity index (χ4n) is 0.501. The maximum Gasteiger partial charge on any atom is 0.0738 e. The van der Waals surface area contributed by atoms with Crippen molar-refractivity contribution in [3.05, 3.63) is 0 Å². The molecular weight excluding hydrogens is 97.5 g/mol. The van der Waals surface area contributed by atoms with E-state index >= 15 is 0 Å². The van der Waals surface area contributed by atoms with Crippen LogP contribution in [0.1, 0.15) is 6.42 Å².